The number of allylic oxidation sites excluding steroid dienone is 1. The summed E-state index contributed by atoms with van der Waals surface area (Å²) in [5.74, 6) is 0.682. The molecule has 0 aromatic heterocycles. The summed E-state index contributed by atoms with van der Waals surface area (Å²) in [6.07, 6.45) is 5.16. The minimum Gasteiger partial charge on any atom is -0.296 e. The lowest BCUT2D eigenvalue weighted by Gasteiger charge is -2.06. The Morgan fingerprint density at radius 2 is 2.00 bits per heavy atom. The molecule has 0 saturated carbocycles. The van der Waals surface area contributed by atoms with E-state index in [0.29, 0.717) is 11.2 Å². The van der Waals surface area contributed by atoms with E-state index in [1.165, 1.54) is 5.57 Å². The third kappa shape index (κ3) is 6.47. The highest BCUT2D eigenvalue weighted by atomic mass is 32.1. The highest BCUT2D eigenvalue weighted by Gasteiger charge is 1.99. The van der Waals surface area contributed by atoms with E-state index in [4.69, 9.17) is 0 Å². The van der Waals surface area contributed by atoms with Crippen LogP contribution in [0.25, 0.3) is 0 Å². The van der Waals surface area contributed by atoms with E-state index >= 15 is 0 Å². The van der Waals surface area contributed by atoms with Crippen LogP contribution >= 0.6 is 12.6 Å². The second-order valence-electron chi connectivity index (χ2n) is 3.47. The zero-order chi connectivity index (χ0) is 9.56. The molecule has 0 aliphatic rings. The van der Waals surface area contributed by atoms with E-state index in [-0.39, 0.29) is 0 Å². The Hall–Kier alpha value is -0.240. The Labute approximate surface area is 81.4 Å². The first kappa shape index (κ1) is 11.8. The van der Waals surface area contributed by atoms with Crippen LogP contribution in [0.5, 0.6) is 0 Å². The number of hydrogen-bond acceptors (Lipinski definition) is 2. The topological polar surface area (TPSA) is 12.4 Å². The summed E-state index contributed by atoms with van der Waals surface area (Å²) in [5, 5.41) is 0.316. The Balaban J connectivity index is 4.22. The van der Waals surface area contributed by atoms with Crippen LogP contribution < -0.4 is 0 Å². The maximum absolute atomic E-state index is 4.31. The van der Waals surface area contributed by atoms with Crippen LogP contribution in [-0.4, -0.2) is 18.5 Å². The molecule has 0 bridgehead atoms. The van der Waals surface area contributed by atoms with Crippen molar-refractivity contribution in [3.63, 3.8) is 0 Å². The van der Waals surface area contributed by atoms with Crippen LogP contribution in [0.15, 0.2) is 16.6 Å². The fraction of sp³-hybridized carbons (Fsp3) is 0.700. The van der Waals surface area contributed by atoms with Gasteiger partial charge in [-0.05, 0) is 24.8 Å². The van der Waals surface area contributed by atoms with E-state index in [1.807, 2.05) is 6.21 Å². The molecule has 0 aromatic carbocycles. The Morgan fingerprint density at radius 1 is 1.42 bits per heavy atom. The van der Waals surface area contributed by atoms with Gasteiger partial charge in [0.2, 0.25) is 0 Å². The van der Waals surface area contributed by atoms with Gasteiger partial charge in [0.05, 0.1) is 0 Å². The molecule has 0 fully saturated rings. The number of thiol groups is 1. The molecule has 2 heteroatoms. The molecule has 0 N–H and O–H groups in total. The molecule has 0 radical (unpaired) electrons. The monoisotopic (exact) mass is 185 g/mol. The lowest BCUT2D eigenvalue weighted by atomic mass is 10.0. The number of rotatable bonds is 4. The van der Waals surface area contributed by atoms with E-state index in [1.54, 1.807) is 7.05 Å². The van der Waals surface area contributed by atoms with Gasteiger partial charge in [0.25, 0.3) is 0 Å². The summed E-state index contributed by atoms with van der Waals surface area (Å²) in [6.45, 7) is 6.48. The maximum Gasteiger partial charge on any atom is 0.0277 e. The molecule has 0 aliphatic heterocycles. The van der Waals surface area contributed by atoms with Gasteiger partial charge < -0.3 is 0 Å². The van der Waals surface area contributed by atoms with Crippen molar-refractivity contribution in [3.8, 4) is 0 Å². The second kappa shape index (κ2) is 6.30. The molecule has 0 rings (SSSR count). The van der Waals surface area contributed by atoms with Gasteiger partial charge in [-0.2, -0.15) is 12.6 Å². The minimum absolute atomic E-state index is 0.316. The zero-order valence-electron chi connectivity index (χ0n) is 8.41. The van der Waals surface area contributed by atoms with Crippen LogP contribution in [0.4, 0.5) is 0 Å². The Bertz CT molecular complexity index is 169. The predicted octanol–water partition coefficient (Wildman–Crippen LogP) is 2.98. The average molecular weight is 185 g/mol. The van der Waals surface area contributed by atoms with E-state index in [0.717, 1.165) is 6.42 Å². The quantitative estimate of drug-likeness (QED) is 0.511. The van der Waals surface area contributed by atoms with Crippen molar-refractivity contribution in [2.75, 3.05) is 7.05 Å². The molecule has 0 aliphatic carbocycles. The highest BCUT2D eigenvalue weighted by molar-refractivity contribution is 7.81. The minimum atomic E-state index is 0.316. The summed E-state index contributed by atoms with van der Waals surface area (Å²) in [7, 11) is 1.80. The zero-order valence-corrected chi connectivity index (χ0v) is 9.31. The molecule has 12 heavy (non-hydrogen) atoms. The predicted molar refractivity (Wildman–Crippen MR) is 60.4 cm³/mol. The molecule has 0 heterocycles. The smallest absolute Gasteiger partial charge is 0.0277 e. The van der Waals surface area contributed by atoms with Crippen molar-refractivity contribution in [1.29, 1.82) is 0 Å². The van der Waals surface area contributed by atoms with Crippen molar-refractivity contribution in [2.45, 2.75) is 32.4 Å². The largest absolute Gasteiger partial charge is 0.296 e. The van der Waals surface area contributed by atoms with Crippen LogP contribution in [0.2, 0.25) is 0 Å². The average Bonchev–Trinajstić information content (AvgIpc) is 1.84. The second-order valence-corrected chi connectivity index (χ2v) is 4.28. The van der Waals surface area contributed by atoms with Gasteiger partial charge >= 0.3 is 0 Å². The van der Waals surface area contributed by atoms with Crippen molar-refractivity contribution in [1.82, 2.24) is 0 Å². The third-order valence-corrected chi connectivity index (χ3v) is 1.54. The molecule has 70 valence electrons. The standard InChI is InChI=1S/C10H19NS/c1-8(2)5-10(7-11-4)6-9(3)12/h6-9,12H,5H2,1-4H3/b10-6-,11-7-. The van der Waals surface area contributed by atoms with Crippen molar-refractivity contribution < 1.29 is 0 Å². The molecule has 1 unspecified atom stereocenters. The molecule has 0 aromatic rings. The van der Waals surface area contributed by atoms with Gasteiger partial charge in [0, 0.05) is 18.5 Å². The first-order valence-electron chi connectivity index (χ1n) is 4.37. The first-order chi connectivity index (χ1) is 5.56. The van der Waals surface area contributed by atoms with Crippen molar-refractivity contribution in [2.24, 2.45) is 10.9 Å². The molecule has 0 spiro atoms. The van der Waals surface area contributed by atoms with Crippen molar-refractivity contribution >= 4 is 18.8 Å². The lowest BCUT2D eigenvalue weighted by Crippen LogP contribution is -1.96. The summed E-state index contributed by atoms with van der Waals surface area (Å²) in [4.78, 5) is 4.01. The molecule has 0 amide bonds. The van der Waals surface area contributed by atoms with E-state index in [9.17, 15) is 0 Å². The van der Waals surface area contributed by atoms with E-state index < -0.39 is 0 Å². The fourth-order valence-electron chi connectivity index (χ4n) is 1.11. The number of nitrogens with zero attached hydrogens (tertiary/aromatic N) is 1. The Kier molecular flexibility index (Phi) is 6.17. The van der Waals surface area contributed by atoms with Gasteiger partial charge in [-0.1, -0.05) is 19.9 Å². The van der Waals surface area contributed by atoms with Gasteiger partial charge in [-0.15, -0.1) is 0 Å². The molecule has 1 nitrogen and oxygen atoms in total. The summed E-state index contributed by atoms with van der Waals surface area (Å²) in [5.41, 5.74) is 1.29. The number of hydrogen-bond donors (Lipinski definition) is 1. The Morgan fingerprint density at radius 3 is 2.33 bits per heavy atom. The third-order valence-electron chi connectivity index (χ3n) is 1.39. The van der Waals surface area contributed by atoms with Crippen LogP contribution in [0.1, 0.15) is 27.2 Å². The summed E-state index contributed by atoms with van der Waals surface area (Å²) < 4.78 is 0. The fourth-order valence-corrected chi connectivity index (χ4v) is 1.30. The highest BCUT2D eigenvalue weighted by Crippen LogP contribution is 2.11. The van der Waals surface area contributed by atoms with Crippen LogP contribution in [0, 0.1) is 5.92 Å². The van der Waals surface area contributed by atoms with Gasteiger partial charge in [-0.3, -0.25) is 4.99 Å². The van der Waals surface area contributed by atoms with Crippen LogP contribution in [-0.2, 0) is 0 Å². The molecule has 1 atom stereocenters. The van der Waals surface area contributed by atoms with Gasteiger partial charge in [-0.25, -0.2) is 0 Å². The van der Waals surface area contributed by atoms with Crippen molar-refractivity contribution in [3.05, 3.63) is 11.6 Å². The maximum atomic E-state index is 4.31. The molecular formula is C10H19NS. The molecule has 0 saturated heterocycles. The van der Waals surface area contributed by atoms with E-state index in [2.05, 4.69) is 44.5 Å². The first-order valence-corrected chi connectivity index (χ1v) is 4.88. The number of aliphatic imine (C=N–C) groups is 1. The lowest BCUT2D eigenvalue weighted by molar-refractivity contribution is 0.654. The SMILES string of the molecule is C/N=C\C(=C/C(C)S)CC(C)C. The van der Waals surface area contributed by atoms with Gasteiger partial charge in [0.15, 0.2) is 0 Å². The van der Waals surface area contributed by atoms with Gasteiger partial charge in [0.1, 0.15) is 0 Å². The molecular weight excluding hydrogens is 166 g/mol. The van der Waals surface area contributed by atoms with Crippen LogP contribution in [0.3, 0.4) is 0 Å². The normalized spacial score (nSPS) is 16.0. The summed E-state index contributed by atoms with van der Waals surface area (Å²) >= 11 is 4.31. The summed E-state index contributed by atoms with van der Waals surface area (Å²) in [6, 6.07) is 0.